The van der Waals surface area contributed by atoms with E-state index in [-0.39, 0.29) is 30.1 Å². The van der Waals surface area contributed by atoms with Crippen LogP contribution < -0.4 is 15.6 Å². The quantitative estimate of drug-likeness (QED) is 0.420. The lowest BCUT2D eigenvalue weighted by molar-refractivity contribution is -0.116. The number of nitrogens with one attached hydrogen (secondary N) is 3. The van der Waals surface area contributed by atoms with Crippen LogP contribution in [0.4, 0.5) is 11.4 Å². The summed E-state index contributed by atoms with van der Waals surface area (Å²) in [5, 5.41) is 3.28. The van der Waals surface area contributed by atoms with Gasteiger partial charge in [0.1, 0.15) is 0 Å². The molecule has 8 nitrogen and oxygen atoms in total. The molecule has 3 N–H and O–H groups in total. The van der Waals surface area contributed by atoms with Gasteiger partial charge in [0.25, 0.3) is 5.56 Å². The maximum absolute atomic E-state index is 12.2. The van der Waals surface area contributed by atoms with Crippen LogP contribution in [-0.4, -0.2) is 36.3 Å². The summed E-state index contributed by atoms with van der Waals surface area (Å²) >= 11 is 1.35. The number of hydrogen-bond acceptors (Lipinski definition) is 6. The lowest BCUT2D eigenvalue weighted by atomic mass is 10.1. The van der Waals surface area contributed by atoms with E-state index in [1.54, 1.807) is 38.1 Å². The largest absolute Gasteiger partial charge is 0.326 e. The third-order valence-corrected chi connectivity index (χ3v) is 5.98. The van der Waals surface area contributed by atoms with Crippen molar-refractivity contribution < 1.29 is 13.2 Å². The van der Waals surface area contributed by atoms with E-state index in [0.29, 0.717) is 34.2 Å². The standard InChI is InChI=1S/C18H24N4O4S2/c1-4-11-28(25,26)22-14-7-5-13(6-8-14)20-16(23)10-9-15-12(2)19-18(27-3)21-17(15)24/h5-8,22H,4,9-11H2,1-3H3,(H,20,23)(H,19,21,24). The van der Waals surface area contributed by atoms with Crippen molar-refractivity contribution in [2.75, 3.05) is 22.0 Å². The summed E-state index contributed by atoms with van der Waals surface area (Å²) in [5.41, 5.74) is 1.87. The number of anilines is 2. The third kappa shape index (κ3) is 6.38. The van der Waals surface area contributed by atoms with Crippen LogP contribution in [0.15, 0.2) is 34.2 Å². The summed E-state index contributed by atoms with van der Waals surface area (Å²) in [6, 6.07) is 6.41. The van der Waals surface area contributed by atoms with Crippen LogP contribution in [0.1, 0.15) is 31.0 Å². The van der Waals surface area contributed by atoms with Gasteiger partial charge in [-0.1, -0.05) is 18.7 Å². The molecule has 0 aliphatic heterocycles. The second-order valence-corrected chi connectivity index (χ2v) is 8.82. The summed E-state index contributed by atoms with van der Waals surface area (Å²) in [5.74, 6) is -0.191. The van der Waals surface area contributed by atoms with Crippen LogP contribution in [0.25, 0.3) is 0 Å². The Hall–Kier alpha value is -2.33. The van der Waals surface area contributed by atoms with E-state index >= 15 is 0 Å². The molecule has 1 amide bonds. The molecule has 0 saturated heterocycles. The first-order valence-corrected chi connectivity index (χ1v) is 11.7. The highest BCUT2D eigenvalue weighted by Crippen LogP contribution is 2.16. The number of hydrogen-bond donors (Lipinski definition) is 3. The Morgan fingerprint density at radius 2 is 1.86 bits per heavy atom. The topological polar surface area (TPSA) is 121 Å². The van der Waals surface area contributed by atoms with Crippen molar-refractivity contribution in [2.45, 2.75) is 38.3 Å². The number of thioether (sulfide) groups is 1. The molecule has 0 saturated carbocycles. The number of sulfonamides is 1. The summed E-state index contributed by atoms with van der Waals surface area (Å²) in [6.07, 6.45) is 2.77. The van der Waals surface area contributed by atoms with E-state index in [1.165, 1.54) is 11.8 Å². The summed E-state index contributed by atoms with van der Waals surface area (Å²) in [4.78, 5) is 31.2. The number of carbonyl (C=O) groups excluding carboxylic acids is 1. The van der Waals surface area contributed by atoms with Crippen molar-refractivity contribution in [1.29, 1.82) is 0 Å². The van der Waals surface area contributed by atoms with Crippen molar-refractivity contribution >= 4 is 39.1 Å². The lowest BCUT2D eigenvalue weighted by Gasteiger charge is -2.09. The lowest BCUT2D eigenvalue weighted by Crippen LogP contribution is -2.20. The second kappa shape index (κ2) is 9.74. The zero-order valence-electron chi connectivity index (χ0n) is 16.0. The van der Waals surface area contributed by atoms with Gasteiger partial charge in [-0.15, -0.1) is 0 Å². The van der Waals surface area contributed by atoms with E-state index < -0.39 is 10.0 Å². The minimum atomic E-state index is -3.35. The van der Waals surface area contributed by atoms with Gasteiger partial charge >= 0.3 is 0 Å². The molecule has 0 fully saturated rings. The van der Waals surface area contributed by atoms with Crippen LogP contribution in [0.3, 0.4) is 0 Å². The molecule has 0 atom stereocenters. The van der Waals surface area contributed by atoms with Gasteiger partial charge < -0.3 is 10.3 Å². The predicted octanol–water partition coefficient (Wildman–Crippen LogP) is 2.52. The SMILES string of the molecule is CCCS(=O)(=O)Nc1ccc(NC(=O)CCc2c(C)nc(SC)[nH]c2=O)cc1. The molecule has 2 aromatic rings. The first-order chi connectivity index (χ1) is 13.2. The number of benzene rings is 1. The first kappa shape index (κ1) is 22.0. The van der Waals surface area contributed by atoms with Gasteiger partial charge in [0.05, 0.1) is 5.75 Å². The molecular weight excluding hydrogens is 400 g/mol. The Balaban J connectivity index is 1.94. The molecular formula is C18H24N4O4S2. The zero-order chi connectivity index (χ0) is 20.7. The summed E-state index contributed by atoms with van der Waals surface area (Å²) in [7, 11) is -3.35. The van der Waals surface area contributed by atoms with Crippen molar-refractivity contribution in [3.63, 3.8) is 0 Å². The molecule has 0 unspecified atom stereocenters. The van der Waals surface area contributed by atoms with E-state index in [9.17, 15) is 18.0 Å². The maximum Gasteiger partial charge on any atom is 0.254 e. The average Bonchev–Trinajstić information content (AvgIpc) is 2.62. The van der Waals surface area contributed by atoms with Gasteiger partial charge in [-0.05, 0) is 50.3 Å². The average molecular weight is 425 g/mol. The highest BCUT2D eigenvalue weighted by molar-refractivity contribution is 7.98. The molecule has 2 rings (SSSR count). The zero-order valence-corrected chi connectivity index (χ0v) is 17.7. The summed E-state index contributed by atoms with van der Waals surface area (Å²) in [6.45, 7) is 3.54. The smallest absolute Gasteiger partial charge is 0.254 e. The van der Waals surface area contributed by atoms with Crippen LogP contribution >= 0.6 is 11.8 Å². The van der Waals surface area contributed by atoms with Gasteiger partial charge in [0, 0.05) is 29.1 Å². The third-order valence-electron chi connectivity index (χ3n) is 3.91. The highest BCUT2D eigenvalue weighted by Gasteiger charge is 2.12. The van der Waals surface area contributed by atoms with Gasteiger partial charge in [-0.25, -0.2) is 13.4 Å². The Morgan fingerprint density at radius 1 is 1.21 bits per heavy atom. The van der Waals surface area contributed by atoms with Crippen LogP contribution in [0.2, 0.25) is 0 Å². The van der Waals surface area contributed by atoms with Crippen molar-refractivity contribution in [3.8, 4) is 0 Å². The molecule has 0 spiro atoms. The monoisotopic (exact) mass is 424 g/mol. The summed E-state index contributed by atoms with van der Waals surface area (Å²) < 4.78 is 26.0. The molecule has 1 aromatic heterocycles. The molecule has 0 radical (unpaired) electrons. The second-order valence-electron chi connectivity index (χ2n) is 6.19. The highest BCUT2D eigenvalue weighted by atomic mass is 32.2. The molecule has 1 aromatic carbocycles. The van der Waals surface area contributed by atoms with E-state index in [4.69, 9.17) is 0 Å². The van der Waals surface area contributed by atoms with Crippen molar-refractivity contribution in [1.82, 2.24) is 9.97 Å². The number of amides is 1. The van der Waals surface area contributed by atoms with Gasteiger partial charge in [-0.3, -0.25) is 14.3 Å². The Labute approximate surface area is 168 Å². The molecule has 10 heteroatoms. The van der Waals surface area contributed by atoms with Crippen LogP contribution in [0, 0.1) is 6.92 Å². The number of rotatable bonds is 9. The number of aromatic nitrogens is 2. The maximum atomic E-state index is 12.2. The Kier molecular flexibility index (Phi) is 7.64. The molecule has 28 heavy (non-hydrogen) atoms. The predicted molar refractivity (Wildman–Crippen MR) is 112 cm³/mol. The normalized spacial score (nSPS) is 11.2. The number of aryl methyl sites for hydroxylation is 1. The van der Waals surface area contributed by atoms with E-state index in [2.05, 4.69) is 20.0 Å². The molecule has 0 aliphatic rings. The molecule has 1 heterocycles. The van der Waals surface area contributed by atoms with Crippen molar-refractivity contribution in [3.05, 3.63) is 45.9 Å². The number of H-pyrrole nitrogens is 1. The van der Waals surface area contributed by atoms with Crippen molar-refractivity contribution in [2.24, 2.45) is 0 Å². The fraction of sp³-hybridized carbons (Fsp3) is 0.389. The number of aromatic amines is 1. The fourth-order valence-corrected chi connectivity index (χ4v) is 4.12. The van der Waals surface area contributed by atoms with Gasteiger partial charge in [-0.2, -0.15) is 0 Å². The minimum Gasteiger partial charge on any atom is -0.326 e. The Bertz CT molecular complexity index is 986. The van der Waals surface area contributed by atoms with E-state index in [1.807, 2.05) is 6.26 Å². The van der Waals surface area contributed by atoms with E-state index in [0.717, 1.165) is 0 Å². The van der Waals surface area contributed by atoms with Gasteiger partial charge in [0.15, 0.2) is 5.16 Å². The Morgan fingerprint density at radius 3 is 2.43 bits per heavy atom. The minimum absolute atomic E-state index is 0.0524. The molecule has 0 bridgehead atoms. The molecule has 152 valence electrons. The van der Waals surface area contributed by atoms with Crippen LogP contribution in [0.5, 0.6) is 0 Å². The van der Waals surface area contributed by atoms with Gasteiger partial charge in [0.2, 0.25) is 15.9 Å². The number of carbonyl (C=O) groups is 1. The number of nitrogens with zero attached hydrogens (tertiary/aromatic N) is 1. The fourth-order valence-electron chi connectivity index (χ4n) is 2.56. The first-order valence-electron chi connectivity index (χ1n) is 8.78. The van der Waals surface area contributed by atoms with Crippen LogP contribution in [-0.2, 0) is 21.2 Å². The molecule has 0 aliphatic carbocycles.